The summed E-state index contributed by atoms with van der Waals surface area (Å²) in [6.07, 6.45) is 6.06. The summed E-state index contributed by atoms with van der Waals surface area (Å²) < 4.78 is 10.9. The molecule has 0 aliphatic rings. The summed E-state index contributed by atoms with van der Waals surface area (Å²) in [5.41, 5.74) is 0. The number of carbonyl (C=O) groups is 2. The van der Waals surface area contributed by atoms with E-state index in [9.17, 15) is 9.59 Å². The maximum atomic E-state index is 11.9. The summed E-state index contributed by atoms with van der Waals surface area (Å²) >= 11 is 0. The molecule has 0 aliphatic carbocycles. The number of amides is 1. The molecular weight excluding hydrogens is 326 g/mol. The monoisotopic (exact) mass is 357 g/mol. The summed E-state index contributed by atoms with van der Waals surface area (Å²) in [6.45, 7) is 10.5. The molecule has 0 aromatic heterocycles. The maximum absolute atomic E-state index is 11.9. The molecule has 138 valence electrons. The first-order chi connectivity index (χ1) is 11.0. The van der Waals surface area contributed by atoms with Crippen LogP contribution >= 0.6 is 0 Å². The van der Waals surface area contributed by atoms with Crippen molar-refractivity contribution < 1.29 is 23.6 Å². The lowest BCUT2D eigenvalue weighted by molar-refractivity contribution is -0.162. The minimum Gasteiger partial charge on any atom is -0.539 e. The fraction of sp³-hybridized carbons (Fsp3) is 0.647. The molecule has 0 aromatic rings. The van der Waals surface area contributed by atoms with E-state index >= 15 is 0 Å². The largest absolute Gasteiger partial charge is 0.539 e. The second kappa shape index (κ2) is 9.63. The van der Waals surface area contributed by atoms with Gasteiger partial charge in [-0.3, -0.25) is 9.63 Å². The third kappa shape index (κ3) is 7.31. The highest BCUT2D eigenvalue weighted by atomic mass is 28.4. The van der Waals surface area contributed by atoms with Crippen LogP contribution in [-0.4, -0.2) is 46.5 Å². The van der Waals surface area contributed by atoms with E-state index in [1.807, 2.05) is 0 Å². The van der Waals surface area contributed by atoms with Gasteiger partial charge in [0.05, 0.1) is 14.2 Å². The van der Waals surface area contributed by atoms with Crippen LogP contribution in [0.4, 0.5) is 0 Å². The minimum atomic E-state index is -2.12. The van der Waals surface area contributed by atoms with Crippen LogP contribution in [0, 0.1) is 0 Å². The summed E-state index contributed by atoms with van der Waals surface area (Å²) in [6, 6.07) is 0. The fourth-order valence-electron chi connectivity index (χ4n) is 1.38. The standard InChI is InChI=1S/C17H31NO5Si/c1-17(2,3)24(7,8)23-14(16(20)21-5)12-10-9-11-13-15(19)18(4)22-6/h11-13H,9-10H2,1-8H3/b13-11+,14-12+. The Kier molecular flexibility index (Phi) is 8.99. The Labute approximate surface area is 146 Å². The topological polar surface area (TPSA) is 65.1 Å². The average Bonchev–Trinajstić information content (AvgIpc) is 2.50. The zero-order valence-corrected chi connectivity index (χ0v) is 17.1. The number of nitrogens with zero attached hydrogens (tertiary/aromatic N) is 1. The number of hydroxylamine groups is 2. The molecule has 0 saturated carbocycles. The molecule has 6 nitrogen and oxygen atoms in total. The van der Waals surface area contributed by atoms with E-state index in [1.165, 1.54) is 27.3 Å². The van der Waals surface area contributed by atoms with Gasteiger partial charge < -0.3 is 9.16 Å². The zero-order valence-electron chi connectivity index (χ0n) is 16.1. The van der Waals surface area contributed by atoms with Gasteiger partial charge >= 0.3 is 5.97 Å². The Morgan fingerprint density at radius 1 is 1.12 bits per heavy atom. The normalized spacial score (nSPS) is 13.1. The van der Waals surface area contributed by atoms with Crippen molar-refractivity contribution in [1.82, 2.24) is 5.06 Å². The number of esters is 1. The average molecular weight is 358 g/mol. The highest BCUT2D eigenvalue weighted by Crippen LogP contribution is 2.38. The first kappa shape index (κ1) is 22.4. The fourth-order valence-corrected chi connectivity index (χ4v) is 2.41. The van der Waals surface area contributed by atoms with Gasteiger partial charge in [0.2, 0.25) is 0 Å². The second-order valence-electron chi connectivity index (χ2n) is 6.92. The van der Waals surface area contributed by atoms with Crippen LogP contribution in [0.25, 0.3) is 0 Å². The van der Waals surface area contributed by atoms with Gasteiger partial charge in [-0.2, -0.15) is 0 Å². The lowest BCUT2D eigenvalue weighted by atomic mass is 10.2. The molecule has 24 heavy (non-hydrogen) atoms. The number of allylic oxidation sites excluding steroid dienone is 2. The highest BCUT2D eigenvalue weighted by Gasteiger charge is 2.40. The maximum Gasteiger partial charge on any atom is 0.371 e. The molecule has 7 heteroatoms. The zero-order chi connectivity index (χ0) is 19.0. The van der Waals surface area contributed by atoms with Gasteiger partial charge in [0, 0.05) is 13.1 Å². The lowest BCUT2D eigenvalue weighted by Gasteiger charge is -2.36. The van der Waals surface area contributed by atoms with Crippen LogP contribution in [0.3, 0.4) is 0 Å². The summed E-state index contributed by atoms with van der Waals surface area (Å²) in [7, 11) is 2.18. The van der Waals surface area contributed by atoms with E-state index in [-0.39, 0.29) is 16.7 Å². The van der Waals surface area contributed by atoms with Crippen molar-refractivity contribution >= 4 is 20.2 Å². The molecule has 0 bridgehead atoms. The number of rotatable bonds is 8. The van der Waals surface area contributed by atoms with Gasteiger partial charge in [-0.15, -0.1) is 0 Å². The van der Waals surface area contributed by atoms with Gasteiger partial charge in [0.15, 0.2) is 5.76 Å². The van der Waals surface area contributed by atoms with Gasteiger partial charge in [-0.05, 0) is 37.0 Å². The molecule has 0 aliphatic heterocycles. The van der Waals surface area contributed by atoms with Crippen LogP contribution in [0.1, 0.15) is 33.6 Å². The number of carbonyl (C=O) groups excluding carboxylic acids is 2. The molecule has 1 amide bonds. The van der Waals surface area contributed by atoms with Crippen LogP contribution < -0.4 is 0 Å². The Balaban J connectivity index is 4.86. The second-order valence-corrected chi connectivity index (χ2v) is 11.6. The predicted octanol–water partition coefficient (Wildman–Crippen LogP) is 3.42. The number of unbranched alkanes of at least 4 members (excludes halogenated alkanes) is 1. The smallest absolute Gasteiger partial charge is 0.371 e. The SMILES string of the molecule is COC(=O)/C(=C\CC/C=C/C(=O)N(C)OC)O[Si](C)(C)C(C)(C)C. The van der Waals surface area contributed by atoms with E-state index in [0.717, 1.165) is 5.06 Å². The molecule has 0 radical (unpaired) electrons. The molecule has 0 rings (SSSR count). The highest BCUT2D eigenvalue weighted by molar-refractivity contribution is 6.74. The van der Waals surface area contributed by atoms with Crippen molar-refractivity contribution in [2.75, 3.05) is 21.3 Å². The predicted molar refractivity (Wildman–Crippen MR) is 96.5 cm³/mol. The molecule has 0 N–H and O–H groups in total. The molecule has 0 heterocycles. The number of ether oxygens (including phenoxy) is 1. The van der Waals surface area contributed by atoms with E-state index in [4.69, 9.17) is 14.0 Å². The number of likely N-dealkylation sites (N-methyl/N-ethyl adjacent to an activating group) is 1. The van der Waals surface area contributed by atoms with Crippen molar-refractivity contribution in [2.24, 2.45) is 0 Å². The van der Waals surface area contributed by atoms with Crippen molar-refractivity contribution in [3.63, 3.8) is 0 Å². The first-order valence-electron chi connectivity index (χ1n) is 7.92. The van der Waals surface area contributed by atoms with Crippen LogP contribution in [0.5, 0.6) is 0 Å². The molecule has 0 unspecified atom stereocenters. The quantitative estimate of drug-likeness (QED) is 0.166. The van der Waals surface area contributed by atoms with E-state index in [1.54, 1.807) is 12.2 Å². The van der Waals surface area contributed by atoms with Gasteiger partial charge in [-0.25, -0.2) is 9.86 Å². The Bertz CT molecular complexity index is 492. The Hall–Kier alpha value is -1.60. The molecule has 0 saturated heterocycles. The third-order valence-electron chi connectivity index (χ3n) is 4.07. The third-order valence-corrected chi connectivity index (χ3v) is 8.41. The molecule has 0 atom stereocenters. The van der Waals surface area contributed by atoms with Crippen LogP contribution in [0.2, 0.25) is 18.1 Å². The molecular formula is C17H31NO5Si. The summed E-state index contributed by atoms with van der Waals surface area (Å²) in [4.78, 5) is 28.2. The van der Waals surface area contributed by atoms with Gasteiger partial charge in [0.25, 0.3) is 14.2 Å². The van der Waals surface area contributed by atoms with Crippen molar-refractivity contribution in [1.29, 1.82) is 0 Å². The van der Waals surface area contributed by atoms with Crippen molar-refractivity contribution in [2.45, 2.75) is 51.7 Å². The lowest BCUT2D eigenvalue weighted by Crippen LogP contribution is -2.41. The van der Waals surface area contributed by atoms with Crippen molar-refractivity contribution in [3.8, 4) is 0 Å². The number of hydrogen-bond donors (Lipinski definition) is 0. The Morgan fingerprint density at radius 3 is 2.17 bits per heavy atom. The number of methoxy groups -OCH3 is 1. The van der Waals surface area contributed by atoms with Gasteiger partial charge in [0.1, 0.15) is 0 Å². The molecule has 0 fully saturated rings. The van der Waals surface area contributed by atoms with E-state index in [2.05, 4.69) is 33.9 Å². The van der Waals surface area contributed by atoms with Crippen molar-refractivity contribution in [3.05, 3.63) is 24.0 Å². The van der Waals surface area contributed by atoms with Crippen LogP contribution in [0.15, 0.2) is 24.0 Å². The summed E-state index contributed by atoms with van der Waals surface area (Å²) in [5.74, 6) is -0.469. The Morgan fingerprint density at radius 2 is 1.71 bits per heavy atom. The van der Waals surface area contributed by atoms with E-state index in [0.29, 0.717) is 12.8 Å². The van der Waals surface area contributed by atoms with Crippen LogP contribution in [-0.2, 0) is 23.6 Å². The molecule has 0 aromatic carbocycles. The number of hydrogen-bond acceptors (Lipinski definition) is 5. The molecule has 0 spiro atoms. The first-order valence-corrected chi connectivity index (χ1v) is 10.8. The summed E-state index contributed by atoms with van der Waals surface area (Å²) in [5, 5.41) is 1.12. The van der Waals surface area contributed by atoms with E-state index < -0.39 is 14.3 Å². The van der Waals surface area contributed by atoms with Gasteiger partial charge in [-0.1, -0.05) is 26.8 Å². The minimum absolute atomic E-state index is 0.0167.